The Hall–Kier alpha value is 0.130. The summed E-state index contributed by atoms with van der Waals surface area (Å²) >= 11 is 0. The lowest BCUT2D eigenvalue weighted by atomic mass is 9.77. The van der Waals surface area contributed by atoms with E-state index in [2.05, 4.69) is 38.6 Å². The molecule has 1 aliphatic carbocycles. The molecule has 0 unspecified atom stereocenters. The molecule has 1 saturated carbocycles. The van der Waals surface area contributed by atoms with Gasteiger partial charge in [0.2, 0.25) is 0 Å². The van der Waals surface area contributed by atoms with Crippen LogP contribution >= 0.6 is 8.35 Å². The van der Waals surface area contributed by atoms with E-state index in [-0.39, 0.29) is 5.54 Å². The molecule has 0 atom stereocenters. The molecule has 2 heteroatoms. The first kappa shape index (κ1) is 12.2. The van der Waals surface area contributed by atoms with Gasteiger partial charge in [0.1, 0.15) is 0 Å². The second-order valence-corrected chi connectivity index (χ2v) is 6.57. The van der Waals surface area contributed by atoms with E-state index in [4.69, 9.17) is 0 Å². The summed E-state index contributed by atoms with van der Waals surface area (Å²) in [5, 5.41) is 3.51. The van der Waals surface area contributed by atoms with Crippen molar-refractivity contribution in [2.45, 2.75) is 65.3 Å². The zero-order valence-electron chi connectivity index (χ0n) is 10.1. The van der Waals surface area contributed by atoms with Gasteiger partial charge in [0, 0.05) is 5.54 Å². The van der Waals surface area contributed by atoms with Crippen molar-refractivity contribution < 1.29 is 0 Å². The average molecular weight is 213 g/mol. The van der Waals surface area contributed by atoms with Gasteiger partial charge in [-0.1, -0.05) is 26.2 Å². The lowest BCUT2D eigenvalue weighted by Crippen LogP contribution is -2.29. The highest BCUT2D eigenvalue weighted by Crippen LogP contribution is 2.35. The van der Waals surface area contributed by atoms with E-state index in [1.807, 2.05) is 0 Å². The molecule has 0 amide bonds. The molecule has 0 aliphatic heterocycles. The van der Waals surface area contributed by atoms with Gasteiger partial charge >= 0.3 is 0 Å². The van der Waals surface area contributed by atoms with Crippen LogP contribution in [-0.4, -0.2) is 11.3 Å². The van der Waals surface area contributed by atoms with Gasteiger partial charge in [-0.3, -0.25) is 5.09 Å². The zero-order chi connectivity index (χ0) is 10.7. The first-order chi connectivity index (χ1) is 6.41. The minimum atomic E-state index is 0.239. The summed E-state index contributed by atoms with van der Waals surface area (Å²) in [6, 6.07) is 0. The molecule has 0 saturated heterocycles. The minimum Gasteiger partial charge on any atom is -0.266 e. The minimum absolute atomic E-state index is 0.239. The van der Waals surface area contributed by atoms with Crippen LogP contribution in [-0.2, 0) is 0 Å². The number of hydrogen-bond donors (Lipinski definition) is 1. The van der Waals surface area contributed by atoms with Crippen LogP contribution in [0.2, 0.25) is 0 Å². The average Bonchev–Trinajstić information content (AvgIpc) is 2.02. The Labute approximate surface area is 90.5 Å². The first-order valence-corrected chi connectivity index (χ1v) is 6.69. The predicted octanol–water partition coefficient (Wildman–Crippen LogP) is 4.01. The van der Waals surface area contributed by atoms with Gasteiger partial charge in [0.15, 0.2) is 0 Å². The van der Waals surface area contributed by atoms with Crippen molar-refractivity contribution in [1.29, 1.82) is 0 Å². The highest BCUT2D eigenvalue weighted by Gasteiger charge is 2.23. The standard InChI is InChI=1S/C12H24NP/c1-11(2,3)13-14-10-12(4)8-6-5-7-9-12/h10,13H,5-9H2,1-4H3. The van der Waals surface area contributed by atoms with Crippen LogP contribution < -0.4 is 5.09 Å². The van der Waals surface area contributed by atoms with Crippen LogP contribution in [0.1, 0.15) is 59.8 Å². The van der Waals surface area contributed by atoms with Crippen molar-refractivity contribution in [1.82, 2.24) is 5.09 Å². The van der Waals surface area contributed by atoms with Crippen LogP contribution in [0.5, 0.6) is 0 Å². The molecule has 0 heterocycles. The van der Waals surface area contributed by atoms with Crippen molar-refractivity contribution in [2.75, 3.05) is 0 Å². The Balaban J connectivity index is 2.41. The Morgan fingerprint density at radius 3 is 2.21 bits per heavy atom. The third-order valence-corrected chi connectivity index (χ3v) is 4.32. The third kappa shape index (κ3) is 4.57. The van der Waals surface area contributed by atoms with Crippen molar-refractivity contribution in [2.24, 2.45) is 5.41 Å². The second kappa shape index (κ2) is 4.77. The molecule has 1 aliphatic rings. The molecular formula is C12H24NP. The van der Waals surface area contributed by atoms with Gasteiger partial charge in [0.05, 0.1) is 0 Å². The van der Waals surface area contributed by atoms with Crippen LogP contribution in [0.15, 0.2) is 0 Å². The smallest absolute Gasteiger partial charge is 0.0175 e. The van der Waals surface area contributed by atoms with Gasteiger partial charge in [-0.15, -0.1) is 0 Å². The monoisotopic (exact) mass is 213 g/mol. The van der Waals surface area contributed by atoms with Gasteiger partial charge < -0.3 is 0 Å². The Kier molecular flexibility index (Phi) is 4.15. The largest absolute Gasteiger partial charge is 0.266 e. The number of nitrogens with one attached hydrogen (secondary N) is 1. The topological polar surface area (TPSA) is 12.0 Å². The molecular weight excluding hydrogens is 189 g/mol. The molecule has 1 fully saturated rings. The maximum Gasteiger partial charge on any atom is 0.0175 e. The quantitative estimate of drug-likeness (QED) is 0.683. The second-order valence-electron chi connectivity index (χ2n) is 5.83. The summed E-state index contributed by atoms with van der Waals surface area (Å²) in [5.41, 5.74) is 0.737. The molecule has 1 nitrogen and oxygen atoms in total. The third-order valence-electron chi connectivity index (χ3n) is 2.77. The van der Waals surface area contributed by atoms with Crippen molar-refractivity contribution >= 4 is 14.2 Å². The van der Waals surface area contributed by atoms with Crippen molar-refractivity contribution in [3.05, 3.63) is 0 Å². The fourth-order valence-corrected chi connectivity index (χ4v) is 2.89. The Bertz CT molecular complexity index is 197. The van der Waals surface area contributed by atoms with E-state index in [0.717, 1.165) is 0 Å². The van der Waals surface area contributed by atoms with Crippen LogP contribution in [0.4, 0.5) is 0 Å². The molecule has 0 radical (unpaired) electrons. The van der Waals surface area contributed by atoms with Crippen molar-refractivity contribution in [3.8, 4) is 0 Å². The van der Waals surface area contributed by atoms with E-state index >= 15 is 0 Å². The number of rotatable bonds is 2. The summed E-state index contributed by atoms with van der Waals surface area (Å²) in [7, 11) is 1.30. The summed E-state index contributed by atoms with van der Waals surface area (Å²) in [4.78, 5) is 0. The molecule has 0 aromatic heterocycles. The van der Waals surface area contributed by atoms with Gasteiger partial charge in [0.25, 0.3) is 0 Å². The molecule has 0 spiro atoms. The highest BCUT2D eigenvalue weighted by molar-refractivity contribution is 7.36. The number of hydrogen-bond acceptors (Lipinski definition) is 1. The van der Waals surface area contributed by atoms with Crippen LogP contribution in [0.25, 0.3) is 0 Å². The van der Waals surface area contributed by atoms with Gasteiger partial charge in [-0.05, 0) is 53.2 Å². The van der Waals surface area contributed by atoms with Crippen LogP contribution in [0.3, 0.4) is 0 Å². The molecule has 0 aromatic carbocycles. The fraction of sp³-hybridized carbons (Fsp3) is 0.917. The van der Waals surface area contributed by atoms with Crippen molar-refractivity contribution in [3.63, 3.8) is 0 Å². The summed E-state index contributed by atoms with van der Waals surface area (Å²) in [5.74, 6) is 2.47. The maximum atomic E-state index is 3.51. The van der Waals surface area contributed by atoms with Gasteiger partial charge in [-0.25, -0.2) is 0 Å². The van der Waals surface area contributed by atoms with E-state index in [9.17, 15) is 0 Å². The molecule has 1 N–H and O–H groups in total. The van der Waals surface area contributed by atoms with Crippen LogP contribution in [0, 0.1) is 5.41 Å². The normalized spacial score (nSPS) is 22.9. The zero-order valence-corrected chi connectivity index (χ0v) is 11.0. The molecule has 0 bridgehead atoms. The molecule has 14 heavy (non-hydrogen) atoms. The Morgan fingerprint density at radius 1 is 1.14 bits per heavy atom. The molecule has 0 aromatic rings. The summed E-state index contributed by atoms with van der Waals surface area (Å²) in [6.45, 7) is 9.06. The fourth-order valence-electron chi connectivity index (χ4n) is 1.87. The lowest BCUT2D eigenvalue weighted by Gasteiger charge is -2.30. The molecule has 82 valence electrons. The molecule has 1 rings (SSSR count). The maximum absolute atomic E-state index is 3.51. The Morgan fingerprint density at radius 2 is 1.71 bits per heavy atom. The summed E-state index contributed by atoms with van der Waals surface area (Å²) < 4.78 is 0. The first-order valence-electron chi connectivity index (χ1n) is 5.73. The van der Waals surface area contributed by atoms with E-state index in [1.165, 1.54) is 40.5 Å². The van der Waals surface area contributed by atoms with E-state index in [1.54, 1.807) is 0 Å². The lowest BCUT2D eigenvalue weighted by molar-refractivity contribution is 0.322. The van der Waals surface area contributed by atoms with E-state index in [0.29, 0.717) is 5.41 Å². The predicted molar refractivity (Wildman–Crippen MR) is 67.1 cm³/mol. The SMILES string of the molecule is CC1(C=PNC(C)(C)C)CCCCC1. The van der Waals surface area contributed by atoms with E-state index < -0.39 is 0 Å². The van der Waals surface area contributed by atoms with Gasteiger partial charge in [-0.2, -0.15) is 0 Å². The highest BCUT2D eigenvalue weighted by atomic mass is 31.1. The summed E-state index contributed by atoms with van der Waals surface area (Å²) in [6.07, 6.45) is 7.03.